The van der Waals surface area contributed by atoms with Crippen LogP contribution in [0, 0.1) is 0 Å². The second-order valence-electron chi connectivity index (χ2n) is 7.87. The molecule has 1 aromatic carbocycles. The van der Waals surface area contributed by atoms with Crippen molar-refractivity contribution in [3.05, 3.63) is 29.8 Å². The van der Waals surface area contributed by atoms with Gasteiger partial charge in [-0.2, -0.15) is 0 Å². The Bertz CT molecular complexity index is 704. The van der Waals surface area contributed by atoms with Gasteiger partial charge < -0.3 is 19.7 Å². The van der Waals surface area contributed by atoms with E-state index in [4.69, 9.17) is 9.47 Å². The number of benzene rings is 1. The molecule has 0 aliphatic carbocycles. The fourth-order valence-electron chi connectivity index (χ4n) is 3.46. The first kappa shape index (κ1) is 24.7. The molecule has 1 atom stereocenters. The average molecular weight is 433 g/mol. The van der Waals surface area contributed by atoms with Crippen LogP contribution in [-0.2, 0) is 14.3 Å². The van der Waals surface area contributed by atoms with Crippen molar-refractivity contribution in [2.45, 2.75) is 71.3 Å². The van der Waals surface area contributed by atoms with Crippen LogP contribution in [-0.4, -0.2) is 55.0 Å². The highest BCUT2D eigenvalue weighted by Gasteiger charge is 2.35. The van der Waals surface area contributed by atoms with E-state index in [9.17, 15) is 14.4 Å². The molecule has 1 aliphatic rings. The Balaban J connectivity index is 1.91. The van der Waals surface area contributed by atoms with Crippen molar-refractivity contribution in [2.75, 3.05) is 26.3 Å². The Hall–Kier alpha value is -2.57. The summed E-state index contributed by atoms with van der Waals surface area (Å²) in [5, 5.41) is 2.73. The maximum atomic E-state index is 13.0. The smallest absolute Gasteiger partial charge is 0.308 e. The normalized spacial score (nSPS) is 16.0. The highest BCUT2D eigenvalue weighted by atomic mass is 16.5. The van der Waals surface area contributed by atoms with Crippen molar-refractivity contribution >= 4 is 17.8 Å². The molecule has 1 heterocycles. The number of carbonyl (C=O) groups excluding carboxylic acids is 3. The summed E-state index contributed by atoms with van der Waals surface area (Å²) in [6.45, 7) is 5.91. The maximum Gasteiger partial charge on any atom is 0.308 e. The highest BCUT2D eigenvalue weighted by molar-refractivity contribution is 5.99. The van der Waals surface area contributed by atoms with E-state index in [1.165, 1.54) is 24.2 Å². The molecular formula is C24H36N2O5. The molecule has 1 fully saturated rings. The second kappa shape index (κ2) is 13.7. The van der Waals surface area contributed by atoms with Gasteiger partial charge in [-0.05, 0) is 37.1 Å². The zero-order chi connectivity index (χ0) is 22.5. The van der Waals surface area contributed by atoms with E-state index in [0.29, 0.717) is 31.9 Å². The molecule has 0 spiro atoms. The van der Waals surface area contributed by atoms with Gasteiger partial charge in [-0.15, -0.1) is 0 Å². The number of nitrogens with one attached hydrogen (secondary N) is 1. The first-order chi connectivity index (χ1) is 15.1. The second-order valence-corrected chi connectivity index (χ2v) is 7.87. The van der Waals surface area contributed by atoms with Gasteiger partial charge in [0.2, 0.25) is 5.91 Å². The number of hydrogen-bond acceptors (Lipinski definition) is 5. The zero-order valence-corrected chi connectivity index (χ0v) is 18.9. The molecule has 1 unspecified atom stereocenters. The number of rotatable bonds is 13. The number of nitrogens with zero attached hydrogens (tertiary/aromatic N) is 1. The predicted octanol–water partition coefficient (Wildman–Crippen LogP) is 3.71. The summed E-state index contributed by atoms with van der Waals surface area (Å²) in [5.74, 6) is -0.335. The zero-order valence-electron chi connectivity index (χ0n) is 18.9. The van der Waals surface area contributed by atoms with Gasteiger partial charge in [0.15, 0.2) is 0 Å². The molecule has 1 saturated heterocycles. The molecule has 1 N–H and O–H groups in total. The van der Waals surface area contributed by atoms with Gasteiger partial charge in [-0.25, -0.2) is 0 Å². The molecule has 2 rings (SSSR count). The van der Waals surface area contributed by atoms with Crippen molar-refractivity contribution < 1.29 is 23.9 Å². The standard InChI is InChI=1S/C24H36N2O5/c1-3-5-7-8-9-17-30-20-12-10-19(11-13-20)24(29)26-15-14-25-23(28)21(26)18-22(27)31-16-6-4-2/h10-13,21H,3-9,14-18H2,1-2H3,(H,25,28). The molecule has 0 aromatic heterocycles. The van der Waals surface area contributed by atoms with Crippen LogP contribution in [0.1, 0.15) is 75.6 Å². The van der Waals surface area contributed by atoms with E-state index < -0.39 is 12.0 Å². The average Bonchev–Trinajstić information content (AvgIpc) is 2.77. The van der Waals surface area contributed by atoms with Crippen molar-refractivity contribution in [1.82, 2.24) is 10.2 Å². The van der Waals surface area contributed by atoms with Crippen LogP contribution >= 0.6 is 0 Å². The van der Waals surface area contributed by atoms with Gasteiger partial charge in [0.25, 0.3) is 5.91 Å². The van der Waals surface area contributed by atoms with E-state index in [1.54, 1.807) is 24.3 Å². The molecule has 0 saturated carbocycles. The summed E-state index contributed by atoms with van der Waals surface area (Å²) in [5.41, 5.74) is 0.467. The van der Waals surface area contributed by atoms with Crippen LogP contribution in [0.15, 0.2) is 24.3 Å². The van der Waals surface area contributed by atoms with Gasteiger partial charge in [-0.1, -0.05) is 46.0 Å². The molecule has 2 amide bonds. The predicted molar refractivity (Wildman–Crippen MR) is 119 cm³/mol. The number of carbonyl (C=O) groups is 3. The molecule has 1 aromatic rings. The van der Waals surface area contributed by atoms with E-state index in [0.717, 1.165) is 31.4 Å². The van der Waals surface area contributed by atoms with E-state index in [1.807, 2.05) is 6.92 Å². The van der Waals surface area contributed by atoms with E-state index >= 15 is 0 Å². The Labute approximate surface area is 185 Å². The molecule has 172 valence electrons. The summed E-state index contributed by atoms with van der Waals surface area (Å²) in [6, 6.07) is 6.11. The van der Waals surface area contributed by atoms with Crippen LogP contribution in [0.25, 0.3) is 0 Å². The van der Waals surface area contributed by atoms with Crippen molar-refractivity contribution in [2.24, 2.45) is 0 Å². The Kier molecular flexibility index (Phi) is 10.9. The SMILES string of the molecule is CCCCCCCOc1ccc(C(=O)N2CCNC(=O)C2CC(=O)OCCCC)cc1. The summed E-state index contributed by atoms with van der Waals surface area (Å²) in [6.07, 6.45) is 7.42. The molecule has 0 bridgehead atoms. The molecule has 7 heteroatoms. The van der Waals surface area contributed by atoms with Gasteiger partial charge in [-0.3, -0.25) is 14.4 Å². The fraction of sp³-hybridized carbons (Fsp3) is 0.625. The maximum absolute atomic E-state index is 13.0. The van der Waals surface area contributed by atoms with E-state index in [-0.39, 0.29) is 18.2 Å². The van der Waals surface area contributed by atoms with Crippen LogP contribution in [0.2, 0.25) is 0 Å². The monoisotopic (exact) mass is 432 g/mol. The van der Waals surface area contributed by atoms with Crippen LogP contribution in [0.4, 0.5) is 0 Å². The summed E-state index contributed by atoms with van der Waals surface area (Å²) in [4.78, 5) is 38.9. The molecular weight excluding hydrogens is 396 g/mol. The van der Waals surface area contributed by atoms with Gasteiger partial charge >= 0.3 is 5.97 Å². The third-order valence-electron chi connectivity index (χ3n) is 5.33. The first-order valence-corrected chi connectivity index (χ1v) is 11.5. The van der Waals surface area contributed by atoms with Crippen LogP contribution in [0.5, 0.6) is 5.75 Å². The fourth-order valence-corrected chi connectivity index (χ4v) is 3.46. The molecule has 1 aliphatic heterocycles. The van der Waals surface area contributed by atoms with Gasteiger partial charge in [0.1, 0.15) is 11.8 Å². The number of esters is 1. The minimum absolute atomic E-state index is 0.138. The Morgan fingerprint density at radius 3 is 2.42 bits per heavy atom. The molecule has 7 nitrogen and oxygen atoms in total. The number of piperazine rings is 1. The van der Waals surface area contributed by atoms with Crippen molar-refractivity contribution in [3.63, 3.8) is 0 Å². The number of ether oxygens (including phenoxy) is 2. The van der Waals surface area contributed by atoms with E-state index in [2.05, 4.69) is 12.2 Å². The third-order valence-corrected chi connectivity index (χ3v) is 5.33. The lowest BCUT2D eigenvalue weighted by Gasteiger charge is -2.34. The minimum Gasteiger partial charge on any atom is -0.494 e. The Morgan fingerprint density at radius 2 is 1.71 bits per heavy atom. The summed E-state index contributed by atoms with van der Waals surface area (Å²) >= 11 is 0. The van der Waals surface area contributed by atoms with Crippen LogP contribution in [0.3, 0.4) is 0 Å². The van der Waals surface area contributed by atoms with Gasteiger partial charge in [0, 0.05) is 18.7 Å². The topological polar surface area (TPSA) is 84.9 Å². The molecule has 31 heavy (non-hydrogen) atoms. The van der Waals surface area contributed by atoms with Crippen LogP contribution < -0.4 is 10.1 Å². The Morgan fingerprint density at radius 1 is 1.00 bits per heavy atom. The highest BCUT2D eigenvalue weighted by Crippen LogP contribution is 2.18. The van der Waals surface area contributed by atoms with Gasteiger partial charge in [0.05, 0.1) is 19.6 Å². The summed E-state index contributed by atoms with van der Waals surface area (Å²) < 4.78 is 10.9. The largest absolute Gasteiger partial charge is 0.494 e. The third kappa shape index (κ3) is 8.23. The number of unbranched alkanes of at least 4 members (excludes halogenated alkanes) is 5. The number of amides is 2. The molecule has 0 radical (unpaired) electrons. The van der Waals surface area contributed by atoms with Crippen molar-refractivity contribution in [3.8, 4) is 5.75 Å². The lowest BCUT2D eigenvalue weighted by molar-refractivity contribution is -0.147. The first-order valence-electron chi connectivity index (χ1n) is 11.5. The quantitative estimate of drug-likeness (QED) is 0.379. The number of hydrogen-bond donors (Lipinski definition) is 1. The lowest BCUT2D eigenvalue weighted by Crippen LogP contribution is -2.57. The lowest BCUT2D eigenvalue weighted by atomic mass is 10.1. The summed E-state index contributed by atoms with van der Waals surface area (Å²) in [7, 11) is 0. The minimum atomic E-state index is -0.852. The van der Waals surface area contributed by atoms with Crippen molar-refractivity contribution in [1.29, 1.82) is 0 Å².